The van der Waals surface area contributed by atoms with E-state index in [9.17, 15) is 13.2 Å². The van der Waals surface area contributed by atoms with Crippen LogP contribution in [-0.4, -0.2) is 29.0 Å². The van der Waals surface area contributed by atoms with Crippen molar-refractivity contribution in [2.45, 2.75) is 19.1 Å². The molecular formula is C16H18F3N5O2. The van der Waals surface area contributed by atoms with Crippen molar-refractivity contribution in [3.8, 4) is 11.5 Å². The van der Waals surface area contributed by atoms with E-state index in [1.807, 2.05) is 0 Å². The molecule has 1 aliphatic rings. The molecule has 0 bridgehead atoms. The third-order valence-electron chi connectivity index (χ3n) is 3.61. The number of hydrogen-bond acceptors (Lipinski definition) is 4. The van der Waals surface area contributed by atoms with Gasteiger partial charge in [-0.25, -0.2) is 4.99 Å². The largest absolute Gasteiger partial charge is 0.490 e. The van der Waals surface area contributed by atoms with Crippen molar-refractivity contribution in [3.05, 3.63) is 35.7 Å². The van der Waals surface area contributed by atoms with Crippen molar-refractivity contribution in [2.75, 3.05) is 18.5 Å². The summed E-state index contributed by atoms with van der Waals surface area (Å²) < 4.78 is 51.0. The number of hydrogen-bond donors (Lipinski definition) is 2. The second-order valence-corrected chi connectivity index (χ2v) is 5.71. The molecule has 0 saturated carbocycles. The maximum Gasteiger partial charge on any atom is 0.435 e. The van der Waals surface area contributed by atoms with Gasteiger partial charge in [-0.15, -0.1) is 0 Å². The van der Waals surface area contributed by atoms with E-state index in [4.69, 9.17) is 15.2 Å². The van der Waals surface area contributed by atoms with Crippen LogP contribution in [0.2, 0.25) is 0 Å². The molecule has 140 valence electrons. The van der Waals surface area contributed by atoms with Crippen LogP contribution in [-0.2, 0) is 19.8 Å². The van der Waals surface area contributed by atoms with Crippen molar-refractivity contribution in [1.29, 1.82) is 0 Å². The third kappa shape index (κ3) is 4.19. The average Bonchev–Trinajstić information content (AvgIpc) is 2.80. The zero-order valence-corrected chi connectivity index (χ0v) is 14.0. The number of nitrogens with one attached hydrogen (secondary N) is 1. The first-order valence-electron chi connectivity index (χ1n) is 7.89. The maximum atomic E-state index is 12.9. The number of halogens is 3. The second-order valence-electron chi connectivity index (χ2n) is 5.71. The molecule has 0 atom stereocenters. The summed E-state index contributed by atoms with van der Waals surface area (Å²) in [4.78, 5) is 3.97. The van der Waals surface area contributed by atoms with Crippen LogP contribution in [0.4, 0.5) is 18.9 Å². The van der Waals surface area contributed by atoms with Gasteiger partial charge in [0, 0.05) is 37.0 Å². The van der Waals surface area contributed by atoms with E-state index in [1.165, 1.54) is 13.2 Å². The van der Waals surface area contributed by atoms with Crippen LogP contribution >= 0.6 is 0 Å². The fourth-order valence-electron chi connectivity index (χ4n) is 2.49. The Labute approximate surface area is 147 Å². The van der Waals surface area contributed by atoms with E-state index >= 15 is 0 Å². The highest BCUT2D eigenvalue weighted by Gasteiger charge is 2.36. The number of anilines is 1. The molecule has 3 rings (SSSR count). The fourth-order valence-corrected chi connectivity index (χ4v) is 2.49. The highest BCUT2D eigenvalue weighted by Crippen LogP contribution is 2.32. The Kier molecular flexibility index (Phi) is 4.92. The highest BCUT2D eigenvalue weighted by molar-refractivity contribution is 5.92. The number of guanidine groups is 1. The first-order chi connectivity index (χ1) is 12.3. The minimum atomic E-state index is -4.54. The summed E-state index contributed by atoms with van der Waals surface area (Å²) in [5.41, 5.74) is 5.36. The van der Waals surface area contributed by atoms with Crippen molar-refractivity contribution in [3.63, 3.8) is 0 Å². The molecule has 0 radical (unpaired) electrons. The van der Waals surface area contributed by atoms with E-state index in [0.717, 1.165) is 11.1 Å². The summed E-state index contributed by atoms with van der Waals surface area (Å²) in [6.07, 6.45) is -2.48. The lowest BCUT2D eigenvalue weighted by Crippen LogP contribution is -2.22. The number of nitrogens with zero attached hydrogens (tertiary/aromatic N) is 3. The molecule has 10 heteroatoms. The summed E-state index contributed by atoms with van der Waals surface area (Å²) in [7, 11) is 1.42. The van der Waals surface area contributed by atoms with E-state index in [0.29, 0.717) is 30.4 Å². The summed E-state index contributed by atoms with van der Waals surface area (Å²) in [6.45, 7) is 0.878. The quantitative estimate of drug-likeness (QED) is 0.641. The van der Waals surface area contributed by atoms with Crippen LogP contribution in [0, 0.1) is 0 Å². The number of aryl methyl sites for hydroxylation is 1. The number of ether oxygens (including phenoxy) is 2. The predicted octanol–water partition coefficient (Wildman–Crippen LogP) is 2.53. The van der Waals surface area contributed by atoms with Crippen molar-refractivity contribution in [1.82, 2.24) is 9.78 Å². The molecule has 1 aromatic carbocycles. The number of aliphatic imine (C=N–C) groups is 1. The number of benzene rings is 1. The standard InChI is InChI=1S/C16H18F3N5O2/c1-24-9-10(14(23-24)16(17,18)19)8-21-15(20)22-11-3-4-12-13(7-11)26-6-2-5-25-12/h3-4,7,9H,2,5-6,8H2,1H3,(H3,20,21,22). The lowest BCUT2D eigenvalue weighted by molar-refractivity contribution is -0.142. The van der Waals surface area contributed by atoms with Crippen LogP contribution in [0.25, 0.3) is 0 Å². The molecule has 2 aromatic rings. The van der Waals surface area contributed by atoms with Gasteiger partial charge in [-0.2, -0.15) is 18.3 Å². The molecule has 7 nitrogen and oxygen atoms in total. The molecule has 1 aliphatic heterocycles. The molecule has 26 heavy (non-hydrogen) atoms. The van der Waals surface area contributed by atoms with Crippen LogP contribution in [0.1, 0.15) is 17.7 Å². The van der Waals surface area contributed by atoms with Crippen LogP contribution in [0.5, 0.6) is 11.5 Å². The molecule has 0 unspecified atom stereocenters. The Balaban J connectivity index is 1.71. The van der Waals surface area contributed by atoms with Gasteiger partial charge in [0.25, 0.3) is 0 Å². The minimum absolute atomic E-state index is 0.0172. The Bertz CT molecular complexity index is 817. The lowest BCUT2D eigenvalue weighted by Gasteiger charge is -2.11. The SMILES string of the molecule is Cn1cc(CN=C(N)Nc2ccc3c(c2)OCCCO3)c(C(F)(F)F)n1. The Morgan fingerprint density at radius 2 is 2.04 bits per heavy atom. The number of nitrogens with two attached hydrogens (primary N) is 1. The number of rotatable bonds is 3. The van der Waals surface area contributed by atoms with E-state index in [1.54, 1.807) is 18.2 Å². The summed E-state index contributed by atoms with van der Waals surface area (Å²) in [5, 5.41) is 6.26. The number of fused-ring (bicyclic) bond motifs is 1. The molecule has 0 spiro atoms. The van der Waals surface area contributed by atoms with Gasteiger partial charge in [0.2, 0.25) is 0 Å². The molecule has 1 aromatic heterocycles. The second kappa shape index (κ2) is 7.14. The highest BCUT2D eigenvalue weighted by atomic mass is 19.4. The number of alkyl halides is 3. The van der Waals surface area contributed by atoms with Crippen LogP contribution in [0.3, 0.4) is 0 Å². The predicted molar refractivity (Wildman–Crippen MR) is 89.2 cm³/mol. The van der Waals surface area contributed by atoms with Gasteiger partial charge in [0.05, 0.1) is 19.8 Å². The lowest BCUT2D eigenvalue weighted by atomic mass is 10.2. The topological polar surface area (TPSA) is 86.7 Å². The van der Waals surface area contributed by atoms with Crippen molar-refractivity contribution >= 4 is 11.6 Å². The van der Waals surface area contributed by atoms with E-state index in [-0.39, 0.29) is 18.1 Å². The first kappa shape index (κ1) is 17.9. The zero-order chi connectivity index (χ0) is 18.7. The van der Waals surface area contributed by atoms with Gasteiger partial charge < -0.3 is 20.5 Å². The third-order valence-corrected chi connectivity index (χ3v) is 3.61. The normalized spacial score (nSPS) is 14.8. The van der Waals surface area contributed by atoms with Gasteiger partial charge in [0.1, 0.15) is 0 Å². The first-order valence-corrected chi connectivity index (χ1v) is 7.89. The van der Waals surface area contributed by atoms with Gasteiger partial charge >= 0.3 is 6.18 Å². The van der Waals surface area contributed by atoms with Gasteiger partial charge in [-0.3, -0.25) is 4.68 Å². The van der Waals surface area contributed by atoms with Gasteiger partial charge in [0.15, 0.2) is 23.2 Å². The summed E-state index contributed by atoms with van der Waals surface area (Å²) in [5.74, 6) is 1.19. The van der Waals surface area contributed by atoms with E-state index < -0.39 is 11.9 Å². The van der Waals surface area contributed by atoms with Crippen LogP contribution in [0.15, 0.2) is 29.4 Å². The average molecular weight is 369 g/mol. The minimum Gasteiger partial charge on any atom is -0.490 e. The Morgan fingerprint density at radius 1 is 1.31 bits per heavy atom. The maximum absolute atomic E-state index is 12.9. The Hall–Kier alpha value is -2.91. The molecule has 3 N–H and O–H groups in total. The molecule has 0 amide bonds. The smallest absolute Gasteiger partial charge is 0.435 e. The van der Waals surface area contributed by atoms with E-state index in [2.05, 4.69) is 15.4 Å². The van der Waals surface area contributed by atoms with Crippen LogP contribution < -0.4 is 20.5 Å². The fraction of sp³-hybridized carbons (Fsp3) is 0.375. The molecule has 2 heterocycles. The molecule has 0 fully saturated rings. The van der Waals surface area contributed by atoms with Gasteiger partial charge in [-0.1, -0.05) is 0 Å². The molecule has 0 saturated heterocycles. The van der Waals surface area contributed by atoms with Crippen molar-refractivity contribution in [2.24, 2.45) is 17.8 Å². The molecular weight excluding hydrogens is 351 g/mol. The number of aromatic nitrogens is 2. The van der Waals surface area contributed by atoms with Crippen molar-refractivity contribution < 1.29 is 22.6 Å². The zero-order valence-electron chi connectivity index (χ0n) is 14.0. The van der Waals surface area contributed by atoms with Gasteiger partial charge in [-0.05, 0) is 12.1 Å². The Morgan fingerprint density at radius 3 is 2.77 bits per heavy atom. The summed E-state index contributed by atoms with van der Waals surface area (Å²) >= 11 is 0. The summed E-state index contributed by atoms with van der Waals surface area (Å²) in [6, 6.07) is 5.16. The molecule has 0 aliphatic carbocycles. The monoisotopic (exact) mass is 369 g/mol.